The number of benzene rings is 2. The molecule has 4 aromatic rings. The molecule has 0 radical (unpaired) electrons. The second kappa shape index (κ2) is 7.76. The van der Waals surface area contributed by atoms with Gasteiger partial charge in [0.2, 0.25) is 0 Å². The molecule has 2 N–H and O–H groups in total. The molecular formula is C22H24N4O2. The van der Waals surface area contributed by atoms with Crippen molar-refractivity contribution in [2.24, 2.45) is 0 Å². The van der Waals surface area contributed by atoms with E-state index in [0.29, 0.717) is 11.5 Å². The molecule has 4 rings (SSSR count). The lowest BCUT2D eigenvalue weighted by Crippen LogP contribution is -1.96. The largest absolute Gasteiger partial charge is 0.493 e. The summed E-state index contributed by atoms with van der Waals surface area (Å²) in [6, 6.07) is 12.4. The van der Waals surface area contributed by atoms with Gasteiger partial charge in [0.05, 0.1) is 19.7 Å². The quantitative estimate of drug-likeness (QED) is 0.463. The minimum atomic E-state index is 0.673. The third-order valence-corrected chi connectivity index (χ3v) is 4.92. The van der Waals surface area contributed by atoms with Crippen LogP contribution in [0.4, 0.5) is 11.5 Å². The molecule has 0 spiro atoms. The summed E-state index contributed by atoms with van der Waals surface area (Å²) in [6.07, 6.45) is 5.10. The summed E-state index contributed by atoms with van der Waals surface area (Å²) in [5.74, 6) is 2.08. The SMILES string of the molecule is CCCCc1ccc(Nc2ncnc3c2[nH]c2cc(OC)c(OC)cc23)cc1. The number of unbranched alkanes of at least 4 members (excludes halogenated alkanes) is 1. The number of hydrogen-bond acceptors (Lipinski definition) is 5. The van der Waals surface area contributed by atoms with E-state index >= 15 is 0 Å². The number of rotatable bonds is 7. The van der Waals surface area contributed by atoms with E-state index < -0.39 is 0 Å². The highest BCUT2D eigenvalue weighted by molar-refractivity contribution is 6.09. The molecule has 0 unspecified atom stereocenters. The fourth-order valence-electron chi connectivity index (χ4n) is 3.39. The Hall–Kier alpha value is -3.28. The molecule has 2 aromatic carbocycles. The molecule has 0 fully saturated rings. The second-order valence-corrected chi connectivity index (χ2v) is 6.75. The van der Waals surface area contributed by atoms with Crippen molar-refractivity contribution >= 4 is 33.4 Å². The summed E-state index contributed by atoms with van der Waals surface area (Å²) in [5, 5.41) is 4.37. The van der Waals surface area contributed by atoms with E-state index in [1.54, 1.807) is 20.5 Å². The summed E-state index contributed by atoms with van der Waals surface area (Å²) >= 11 is 0. The van der Waals surface area contributed by atoms with Gasteiger partial charge in [-0.1, -0.05) is 25.5 Å². The van der Waals surface area contributed by atoms with Crippen LogP contribution in [0.15, 0.2) is 42.7 Å². The first-order chi connectivity index (χ1) is 13.7. The molecule has 2 aromatic heterocycles. The van der Waals surface area contributed by atoms with E-state index in [9.17, 15) is 0 Å². The molecule has 2 heterocycles. The highest BCUT2D eigenvalue weighted by Crippen LogP contribution is 2.36. The van der Waals surface area contributed by atoms with Crippen molar-refractivity contribution in [3.05, 3.63) is 48.3 Å². The fraction of sp³-hybridized carbons (Fsp3) is 0.273. The summed E-state index contributed by atoms with van der Waals surface area (Å²) < 4.78 is 10.8. The predicted molar refractivity (Wildman–Crippen MR) is 113 cm³/mol. The van der Waals surface area contributed by atoms with Gasteiger partial charge in [-0.05, 0) is 36.6 Å². The zero-order chi connectivity index (χ0) is 19.5. The molecule has 0 aliphatic rings. The van der Waals surface area contributed by atoms with Gasteiger partial charge in [-0.15, -0.1) is 0 Å². The molecule has 0 aliphatic heterocycles. The number of ether oxygens (including phenoxy) is 2. The minimum Gasteiger partial charge on any atom is -0.493 e. The van der Waals surface area contributed by atoms with Crippen molar-refractivity contribution in [3.8, 4) is 11.5 Å². The van der Waals surface area contributed by atoms with Crippen LogP contribution < -0.4 is 14.8 Å². The third-order valence-electron chi connectivity index (χ3n) is 4.92. The highest BCUT2D eigenvalue weighted by Gasteiger charge is 2.14. The molecule has 0 amide bonds. The van der Waals surface area contributed by atoms with Crippen LogP contribution in [-0.4, -0.2) is 29.2 Å². The Morgan fingerprint density at radius 1 is 1.00 bits per heavy atom. The van der Waals surface area contributed by atoms with Crippen LogP contribution in [0.5, 0.6) is 11.5 Å². The first-order valence-electron chi connectivity index (χ1n) is 9.48. The molecule has 6 heteroatoms. The summed E-state index contributed by atoms with van der Waals surface area (Å²) in [7, 11) is 3.26. The van der Waals surface area contributed by atoms with Gasteiger partial charge < -0.3 is 19.8 Å². The van der Waals surface area contributed by atoms with Gasteiger partial charge in [0.25, 0.3) is 0 Å². The van der Waals surface area contributed by atoms with Crippen LogP contribution in [0, 0.1) is 0 Å². The van der Waals surface area contributed by atoms with Gasteiger partial charge in [-0.25, -0.2) is 9.97 Å². The van der Waals surface area contributed by atoms with Crippen molar-refractivity contribution < 1.29 is 9.47 Å². The van der Waals surface area contributed by atoms with Gasteiger partial charge in [-0.3, -0.25) is 0 Å². The number of methoxy groups -OCH3 is 2. The van der Waals surface area contributed by atoms with E-state index in [2.05, 4.69) is 51.5 Å². The number of aryl methyl sites for hydroxylation is 1. The normalized spacial score (nSPS) is 11.1. The van der Waals surface area contributed by atoms with Gasteiger partial charge in [0, 0.05) is 17.1 Å². The Labute approximate surface area is 163 Å². The molecule has 6 nitrogen and oxygen atoms in total. The van der Waals surface area contributed by atoms with Gasteiger partial charge in [-0.2, -0.15) is 0 Å². The number of aromatic amines is 1. The zero-order valence-electron chi connectivity index (χ0n) is 16.4. The molecule has 0 saturated heterocycles. The van der Waals surface area contributed by atoms with Crippen molar-refractivity contribution in [1.29, 1.82) is 0 Å². The fourth-order valence-corrected chi connectivity index (χ4v) is 3.39. The molecule has 0 saturated carbocycles. The van der Waals surface area contributed by atoms with Gasteiger partial charge in [0.15, 0.2) is 17.3 Å². The van der Waals surface area contributed by atoms with E-state index in [4.69, 9.17) is 9.47 Å². The molecule has 0 aliphatic carbocycles. The topological polar surface area (TPSA) is 72.1 Å². The van der Waals surface area contributed by atoms with Crippen molar-refractivity contribution in [1.82, 2.24) is 15.0 Å². The van der Waals surface area contributed by atoms with Crippen LogP contribution in [0.2, 0.25) is 0 Å². The number of H-pyrrole nitrogens is 1. The molecule has 0 bridgehead atoms. The lowest BCUT2D eigenvalue weighted by atomic mass is 10.1. The second-order valence-electron chi connectivity index (χ2n) is 6.75. The number of hydrogen-bond donors (Lipinski definition) is 2. The Morgan fingerprint density at radius 2 is 1.75 bits per heavy atom. The average molecular weight is 376 g/mol. The number of aromatic nitrogens is 3. The van der Waals surface area contributed by atoms with Crippen LogP contribution >= 0.6 is 0 Å². The van der Waals surface area contributed by atoms with Gasteiger partial charge in [0.1, 0.15) is 17.4 Å². The molecular weight excluding hydrogens is 352 g/mol. The zero-order valence-corrected chi connectivity index (χ0v) is 16.4. The van der Waals surface area contributed by atoms with Crippen molar-refractivity contribution in [2.75, 3.05) is 19.5 Å². The maximum atomic E-state index is 5.43. The Kier molecular flexibility index (Phi) is 5.02. The average Bonchev–Trinajstić information content (AvgIpc) is 3.10. The first-order valence-corrected chi connectivity index (χ1v) is 9.48. The summed E-state index contributed by atoms with van der Waals surface area (Å²) in [6.45, 7) is 2.21. The lowest BCUT2D eigenvalue weighted by Gasteiger charge is -2.07. The van der Waals surface area contributed by atoms with Crippen LogP contribution in [0.1, 0.15) is 25.3 Å². The van der Waals surface area contributed by atoms with Crippen molar-refractivity contribution in [2.45, 2.75) is 26.2 Å². The molecule has 28 heavy (non-hydrogen) atoms. The minimum absolute atomic E-state index is 0.673. The van der Waals surface area contributed by atoms with Crippen LogP contribution in [0.3, 0.4) is 0 Å². The smallest absolute Gasteiger partial charge is 0.162 e. The number of nitrogens with one attached hydrogen (secondary N) is 2. The molecule has 0 atom stereocenters. The van der Waals surface area contributed by atoms with Crippen LogP contribution in [0.25, 0.3) is 21.9 Å². The Balaban J connectivity index is 1.71. The standard InChI is InChI=1S/C22H24N4O2/c1-4-5-6-14-7-9-15(10-8-14)25-22-21-20(23-13-24-22)16-11-18(27-2)19(28-3)12-17(16)26-21/h7-13,26H,4-6H2,1-3H3,(H,23,24,25). The van der Waals surface area contributed by atoms with E-state index in [-0.39, 0.29) is 0 Å². The maximum Gasteiger partial charge on any atom is 0.162 e. The molecule has 144 valence electrons. The highest BCUT2D eigenvalue weighted by atomic mass is 16.5. The van der Waals surface area contributed by atoms with Gasteiger partial charge >= 0.3 is 0 Å². The monoisotopic (exact) mass is 376 g/mol. The van der Waals surface area contributed by atoms with Crippen LogP contribution in [-0.2, 0) is 6.42 Å². The number of fused-ring (bicyclic) bond motifs is 3. The summed E-state index contributed by atoms with van der Waals surface area (Å²) in [5.41, 5.74) is 4.96. The number of anilines is 2. The lowest BCUT2D eigenvalue weighted by molar-refractivity contribution is 0.356. The maximum absolute atomic E-state index is 5.43. The number of nitrogens with zero attached hydrogens (tertiary/aromatic N) is 2. The predicted octanol–water partition coefficient (Wildman–Crippen LogP) is 5.21. The third kappa shape index (κ3) is 3.33. The first kappa shape index (κ1) is 18.1. The van der Waals surface area contributed by atoms with E-state index in [0.717, 1.165) is 39.9 Å². The van der Waals surface area contributed by atoms with E-state index in [1.165, 1.54) is 18.4 Å². The summed E-state index contributed by atoms with van der Waals surface area (Å²) in [4.78, 5) is 12.3. The van der Waals surface area contributed by atoms with Crippen molar-refractivity contribution in [3.63, 3.8) is 0 Å². The Morgan fingerprint density at radius 3 is 2.46 bits per heavy atom. The van der Waals surface area contributed by atoms with E-state index in [1.807, 2.05) is 12.1 Å². The Bertz CT molecular complexity index is 1100.